The van der Waals surface area contributed by atoms with Crippen LogP contribution in [0.3, 0.4) is 0 Å². The van der Waals surface area contributed by atoms with Crippen molar-refractivity contribution in [2.75, 3.05) is 32.2 Å². The minimum atomic E-state index is 0.529. The molecule has 1 saturated heterocycles. The van der Waals surface area contributed by atoms with Crippen LogP contribution in [-0.2, 0) is 0 Å². The van der Waals surface area contributed by atoms with Gasteiger partial charge in [0, 0.05) is 18.7 Å². The van der Waals surface area contributed by atoms with Gasteiger partial charge in [0.15, 0.2) is 0 Å². The van der Waals surface area contributed by atoms with E-state index in [9.17, 15) is 0 Å². The van der Waals surface area contributed by atoms with E-state index >= 15 is 0 Å². The molecule has 0 spiro atoms. The van der Waals surface area contributed by atoms with Gasteiger partial charge in [-0.3, -0.25) is 0 Å². The fourth-order valence-electron chi connectivity index (χ4n) is 2.83. The summed E-state index contributed by atoms with van der Waals surface area (Å²) in [6.45, 7) is 1.81. The van der Waals surface area contributed by atoms with Crippen molar-refractivity contribution in [1.29, 1.82) is 0 Å². The normalized spacial score (nSPS) is 19.3. The summed E-state index contributed by atoms with van der Waals surface area (Å²) in [6.07, 6.45) is 4.78. The van der Waals surface area contributed by atoms with E-state index in [0.717, 1.165) is 36.7 Å². The van der Waals surface area contributed by atoms with Crippen molar-refractivity contribution >= 4 is 5.69 Å². The number of anilines is 1. The van der Waals surface area contributed by atoms with E-state index in [0.29, 0.717) is 6.04 Å². The van der Waals surface area contributed by atoms with Gasteiger partial charge in [-0.05, 0) is 44.4 Å². The monoisotopic (exact) mass is 264 g/mol. The molecule has 0 saturated carbocycles. The van der Waals surface area contributed by atoms with Crippen LogP contribution >= 0.6 is 0 Å². The first-order valence-electron chi connectivity index (χ1n) is 6.99. The summed E-state index contributed by atoms with van der Waals surface area (Å²) >= 11 is 0. The number of rotatable bonds is 5. The zero-order chi connectivity index (χ0) is 13.7. The van der Waals surface area contributed by atoms with Crippen molar-refractivity contribution in [1.82, 2.24) is 0 Å². The van der Waals surface area contributed by atoms with Crippen molar-refractivity contribution in [3.05, 3.63) is 18.2 Å². The van der Waals surface area contributed by atoms with E-state index < -0.39 is 0 Å². The summed E-state index contributed by atoms with van der Waals surface area (Å²) in [5, 5.41) is 0. The molecule has 106 valence electrons. The number of ether oxygens (including phenoxy) is 2. The Labute approximate surface area is 115 Å². The van der Waals surface area contributed by atoms with Gasteiger partial charge in [0.1, 0.15) is 11.5 Å². The van der Waals surface area contributed by atoms with Gasteiger partial charge < -0.3 is 20.1 Å². The molecule has 4 heteroatoms. The number of nitrogens with two attached hydrogens (primary N) is 1. The Morgan fingerprint density at radius 2 is 2.11 bits per heavy atom. The van der Waals surface area contributed by atoms with Crippen LogP contribution in [0.1, 0.15) is 25.7 Å². The number of methoxy groups -OCH3 is 2. The minimum absolute atomic E-state index is 0.529. The van der Waals surface area contributed by atoms with Crippen LogP contribution in [-0.4, -0.2) is 33.4 Å². The molecule has 1 heterocycles. The molecule has 2 N–H and O–H groups in total. The van der Waals surface area contributed by atoms with E-state index in [2.05, 4.69) is 11.0 Å². The molecule has 1 aromatic carbocycles. The SMILES string of the molecule is COc1ccc(N2CCCCC2CCN)c(OC)c1. The summed E-state index contributed by atoms with van der Waals surface area (Å²) in [4.78, 5) is 2.44. The van der Waals surface area contributed by atoms with E-state index in [1.807, 2.05) is 12.1 Å². The zero-order valence-electron chi connectivity index (χ0n) is 11.9. The smallest absolute Gasteiger partial charge is 0.145 e. The molecular weight excluding hydrogens is 240 g/mol. The van der Waals surface area contributed by atoms with Gasteiger partial charge in [-0.2, -0.15) is 0 Å². The second-order valence-electron chi connectivity index (χ2n) is 4.96. The van der Waals surface area contributed by atoms with Crippen LogP contribution in [0.5, 0.6) is 11.5 Å². The quantitative estimate of drug-likeness (QED) is 0.887. The third-order valence-corrected chi connectivity index (χ3v) is 3.82. The maximum atomic E-state index is 5.74. The molecule has 4 nitrogen and oxygen atoms in total. The lowest BCUT2D eigenvalue weighted by Gasteiger charge is -2.38. The standard InChI is InChI=1S/C15H24N2O2/c1-18-13-6-7-14(15(11-13)19-2)17-10-4-3-5-12(17)8-9-16/h6-7,11-12H,3-5,8-10,16H2,1-2H3. The molecule has 0 aromatic heterocycles. The fraction of sp³-hybridized carbons (Fsp3) is 0.600. The summed E-state index contributed by atoms with van der Waals surface area (Å²) in [5.74, 6) is 1.70. The number of hydrogen-bond donors (Lipinski definition) is 1. The van der Waals surface area contributed by atoms with Crippen LogP contribution < -0.4 is 20.1 Å². The Balaban J connectivity index is 2.27. The molecule has 0 amide bonds. The van der Waals surface area contributed by atoms with Crippen molar-refractivity contribution < 1.29 is 9.47 Å². The maximum Gasteiger partial charge on any atom is 0.145 e. The van der Waals surface area contributed by atoms with Gasteiger partial charge in [-0.25, -0.2) is 0 Å². The number of benzene rings is 1. The highest BCUT2D eigenvalue weighted by Crippen LogP contribution is 2.36. The Hall–Kier alpha value is -1.42. The molecule has 0 radical (unpaired) electrons. The van der Waals surface area contributed by atoms with Crippen LogP contribution in [0, 0.1) is 0 Å². The average molecular weight is 264 g/mol. The molecule has 1 unspecified atom stereocenters. The lowest BCUT2D eigenvalue weighted by Crippen LogP contribution is -2.41. The Morgan fingerprint density at radius 3 is 2.79 bits per heavy atom. The third-order valence-electron chi connectivity index (χ3n) is 3.82. The van der Waals surface area contributed by atoms with E-state index in [1.165, 1.54) is 19.3 Å². The van der Waals surface area contributed by atoms with E-state index in [4.69, 9.17) is 15.2 Å². The lowest BCUT2D eigenvalue weighted by molar-refractivity contribution is 0.387. The number of piperidine rings is 1. The summed E-state index contributed by atoms with van der Waals surface area (Å²) < 4.78 is 10.8. The molecule has 1 aliphatic heterocycles. The highest BCUT2D eigenvalue weighted by atomic mass is 16.5. The van der Waals surface area contributed by atoms with Crippen LogP contribution in [0.2, 0.25) is 0 Å². The molecule has 1 aromatic rings. The first-order chi connectivity index (χ1) is 9.30. The molecular formula is C15H24N2O2. The van der Waals surface area contributed by atoms with Crippen LogP contribution in [0.25, 0.3) is 0 Å². The lowest BCUT2D eigenvalue weighted by atomic mass is 9.98. The third kappa shape index (κ3) is 3.13. The molecule has 2 rings (SSSR count). The van der Waals surface area contributed by atoms with Crippen molar-refractivity contribution in [3.8, 4) is 11.5 Å². The van der Waals surface area contributed by atoms with Crippen molar-refractivity contribution in [2.45, 2.75) is 31.7 Å². The van der Waals surface area contributed by atoms with Crippen LogP contribution in [0.15, 0.2) is 18.2 Å². The predicted molar refractivity (Wildman–Crippen MR) is 78.2 cm³/mol. The van der Waals surface area contributed by atoms with Gasteiger partial charge in [-0.1, -0.05) is 0 Å². The Kier molecular flexibility index (Phi) is 4.91. The highest BCUT2D eigenvalue weighted by molar-refractivity contribution is 5.61. The molecule has 1 atom stereocenters. The number of nitrogens with zero attached hydrogens (tertiary/aromatic N) is 1. The largest absolute Gasteiger partial charge is 0.497 e. The maximum absolute atomic E-state index is 5.74. The molecule has 19 heavy (non-hydrogen) atoms. The van der Waals surface area contributed by atoms with E-state index in [-0.39, 0.29) is 0 Å². The first kappa shape index (κ1) is 14.0. The van der Waals surface area contributed by atoms with Crippen molar-refractivity contribution in [3.63, 3.8) is 0 Å². The molecule has 0 bridgehead atoms. The number of hydrogen-bond acceptors (Lipinski definition) is 4. The van der Waals surface area contributed by atoms with Gasteiger partial charge >= 0.3 is 0 Å². The first-order valence-corrected chi connectivity index (χ1v) is 6.99. The van der Waals surface area contributed by atoms with Crippen molar-refractivity contribution in [2.24, 2.45) is 5.73 Å². The van der Waals surface area contributed by atoms with E-state index in [1.54, 1.807) is 14.2 Å². The second kappa shape index (κ2) is 6.66. The molecule has 1 aliphatic rings. The van der Waals surface area contributed by atoms with Gasteiger partial charge in [-0.15, -0.1) is 0 Å². The highest BCUT2D eigenvalue weighted by Gasteiger charge is 2.24. The van der Waals surface area contributed by atoms with Gasteiger partial charge in [0.25, 0.3) is 0 Å². The summed E-state index contributed by atoms with van der Waals surface area (Å²) in [5.41, 5.74) is 6.89. The zero-order valence-corrected chi connectivity index (χ0v) is 11.9. The topological polar surface area (TPSA) is 47.7 Å². The van der Waals surface area contributed by atoms with Crippen LogP contribution in [0.4, 0.5) is 5.69 Å². The molecule has 0 aliphatic carbocycles. The van der Waals surface area contributed by atoms with Gasteiger partial charge in [0.05, 0.1) is 19.9 Å². The minimum Gasteiger partial charge on any atom is -0.497 e. The fourth-order valence-corrected chi connectivity index (χ4v) is 2.83. The predicted octanol–water partition coefficient (Wildman–Crippen LogP) is 2.41. The molecule has 1 fully saturated rings. The Morgan fingerprint density at radius 1 is 1.26 bits per heavy atom. The summed E-state index contributed by atoms with van der Waals surface area (Å²) in [7, 11) is 3.38. The average Bonchev–Trinajstić information content (AvgIpc) is 2.47. The summed E-state index contributed by atoms with van der Waals surface area (Å²) in [6, 6.07) is 6.56. The second-order valence-corrected chi connectivity index (χ2v) is 4.96. The van der Waals surface area contributed by atoms with Gasteiger partial charge in [0.2, 0.25) is 0 Å². The Bertz CT molecular complexity index is 407.